The number of hydrogen-bond donors (Lipinski definition) is 2. The van der Waals surface area contributed by atoms with Crippen LogP contribution < -0.4 is 11.1 Å². The van der Waals surface area contributed by atoms with Gasteiger partial charge in [0.15, 0.2) is 0 Å². The summed E-state index contributed by atoms with van der Waals surface area (Å²) in [6.07, 6.45) is 0.799. The van der Waals surface area contributed by atoms with E-state index in [9.17, 15) is 4.79 Å². The number of nitrogens with two attached hydrogens (primary N) is 1. The number of amides is 1. The van der Waals surface area contributed by atoms with Gasteiger partial charge in [-0.1, -0.05) is 36.4 Å². The van der Waals surface area contributed by atoms with Gasteiger partial charge in [-0.15, -0.1) is 0 Å². The third-order valence-electron chi connectivity index (χ3n) is 2.95. The Morgan fingerprint density at radius 1 is 1.11 bits per heavy atom. The predicted octanol–water partition coefficient (Wildman–Crippen LogP) is 2.61. The fourth-order valence-corrected chi connectivity index (χ4v) is 2.00. The van der Waals surface area contributed by atoms with E-state index in [1.165, 1.54) is 5.56 Å². The van der Waals surface area contributed by atoms with E-state index < -0.39 is 0 Å². The zero-order valence-electron chi connectivity index (χ0n) is 11.0. The molecule has 0 unspecified atom stereocenters. The highest BCUT2D eigenvalue weighted by Gasteiger charge is 2.09. The Balaban J connectivity index is 2.23. The van der Waals surface area contributed by atoms with Gasteiger partial charge in [0.2, 0.25) is 0 Å². The first-order valence-corrected chi connectivity index (χ1v) is 6.41. The topological polar surface area (TPSA) is 55.1 Å². The summed E-state index contributed by atoms with van der Waals surface area (Å²) >= 11 is 0. The minimum Gasteiger partial charge on any atom is -0.398 e. The SMILES string of the molecule is CCNC(=O)c1cc(Cc2ccccc2)ccc1N. The number of carbonyl (C=O) groups is 1. The van der Waals surface area contributed by atoms with E-state index in [4.69, 9.17) is 5.73 Å². The van der Waals surface area contributed by atoms with E-state index in [0.29, 0.717) is 17.8 Å². The maximum Gasteiger partial charge on any atom is 0.253 e. The molecule has 3 nitrogen and oxygen atoms in total. The highest BCUT2D eigenvalue weighted by molar-refractivity contribution is 5.99. The monoisotopic (exact) mass is 254 g/mol. The molecule has 0 spiro atoms. The third kappa shape index (κ3) is 3.35. The second-order valence-corrected chi connectivity index (χ2v) is 4.44. The van der Waals surface area contributed by atoms with Crippen LogP contribution in [0, 0.1) is 0 Å². The third-order valence-corrected chi connectivity index (χ3v) is 2.95. The standard InChI is InChI=1S/C16H18N2O/c1-2-18-16(19)14-11-13(8-9-15(14)17)10-12-6-4-3-5-7-12/h3-9,11H,2,10,17H2,1H3,(H,18,19). The summed E-state index contributed by atoms with van der Waals surface area (Å²) < 4.78 is 0. The minimum atomic E-state index is -0.116. The largest absolute Gasteiger partial charge is 0.398 e. The van der Waals surface area contributed by atoms with Crippen LogP contribution in [0.25, 0.3) is 0 Å². The summed E-state index contributed by atoms with van der Waals surface area (Å²) in [6.45, 7) is 2.49. The molecule has 0 heterocycles. The molecule has 0 aliphatic carbocycles. The zero-order chi connectivity index (χ0) is 13.7. The molecule has 19 heavy (non-hydrogen) atoms. The van der Waals surface area contributed by atoms with Crippen LogP contribution in [-0.2, 0) is 6.42 Å². The van der Waals surface area contributed by atoms with Gasteiger partial charge in [-0.2, -0.15) is 0 Å². The predicted molar refractivity (Wildman–Crippen MR) is 78.1 cm³/mol. The lowest BCUT2D eigenvalue weighted by Crippen LogP contribution is -2.23. The van der Waals surface area contributed by atoms with E-state index in [1.54, 1.807) is 6.07 Å². The van der Waals surface area contributed by atoms with Gasteiger partial charge < -0.3 is 11.1 Å². The second kappa shape index (κ2) is 6.05. The van der Waals surface area contributed by atoms with E-state index in [0.717, 1.165) is 12.0 Å². The van der Waals surface area contributed by atoms with Gasteiger partial charge in [-0.05, 0) is 36.6 Å². The van der Waals surface area contributed by atoms with Gasteiger partial charge in [0.05, 0.1) is 5.56 Å². The second-order valence-electron chi connectivity index (χ2n) is 4.44. The fourth-order valence-electron chi connectivity index (χ4n) is 2.00. The molecule has 1 amide bonds. The van der Waals surface area contributed by atoms with Crippen molar-refractivity contribution in [2.45, 2.75) is 13.3 Å². The van der Waals surface area contributed by atoms with Crippen molar-refractivity contribution in [3.05, 3.63) is 65.2 Å². The van der Waals surface area contributed by atoms with Crippen molar-refractivity contribution in [1.29, 1.82) is 0 Å². The maximum atomic E-state index is 11.9. The molecular weight excluding hydrogens is 236 g/mol. The van der Waals surface area contributed by atoms with Crippen molar-refractivity contribution in [2.75, 3.05) is 12.3 Å². The lowest BCUT2D eigenvalue weighted by atomic mass is 10.0. The molecule has 0 bridgehead atoms. The number of benzene rings is 2. The van der Waals surface area contributed by atoms with E-state index >= 15 is 0 Å². The van der Waals surface area contributed by atoms with Gasteiger partial charge in [0.25, 0.3) is 5.91 Å². The Bertz CT molecular complexity index is 564. The van der Waals surface area contributed by atoms with Gasteiger partial charge in [-0.3, -0.25) is 4.79 Å². The van der Waals surface area contributed by atoms with Gasteiger partial charge in [0.1, 0.15) is 0 Å². The van der Waals surface area contributed by atoms with Crippen LogP contribution in [0.4, 0.5) is 5.69 Å². The number of carbonyl (C=O) groups excluding carboxylic acids is 1. The molecular formula is C16H18N2O. The van der Waals surface area contributed by atoms with Gasteiger partial charge in [0, 0.05) is 12.2 Å². The van der Waals surface area contributed by atoms with Crippen LogP contribution in [0.5, 0.6) is 0 Å². The molecule has 0 aliphatic heterocycles. The number of nitrogens with one attached hydrogen (secondary N) is 1. The molecule has 2 aromatic carbocycles. The Kier molecular flexibility index (Phi) is 4.18. The van der Waals surface area contributed by atoms with Crippen LogP contribution >= 0.6 is 0 Å². The smallest absolute Gasteiger partial charge is 0.253 e. The van der Waals surface area contributed by atoms with Gasteiger partial charge >= 0.3 is 0 Å². The number of nitrogen functional groups attached to an aromatic ring is 1. The van der Waals surface area contributed by atoms with Crippen LogP contribution in [0.2, 0.25) is 0 Å². The number of anilines is 1. The molecule has 3 heteroatoms. The molecule has 0 atom stereocenters. The van der Waals surface area contributed by atoms with Crippen LogP contribution in [0.1, 0.15) is 28.4 Å². The van der Waals surface area contributed by atoms with Crippen LogP contribution in [0.15, 0.2) is 48.5 Å². The van der Waals surface area contributed by atoms with Crippen molar-refractivity contribution in [3.63, 3.8) is 0 Å². The molecule has 0 aliphatic rings. The van der Waals surface area contributed by atoms with Crippen molar-refractivity contribution in [1.82, 2.24) is 5.32 Å². The van der Waals surface area contributed by atoms with Crippen molar-refractivity contribution < 1.29 is 4.79 Å². The minimum absolute atomic E-state index is 0.116. The first-order valence-electron chi connectivity index (χ1n) is 6.41. The molecule has 3 N–H and O–H groups in total. The summed E-state index contributed by atoms with van der Waals surface area (Å²) in [4.78, 5) is 11.9. The van der Waals surface area contributed by atoms with Crippen LogP contribution in [0.3, 0.4) is 0 Å². The van der Waals surface area contributed by atoms with Crippen molar-refractivity contribution in [2.24, 2.45) is 0 Å². The zero-order valence-corrected chi connectivity index (χ0v) is 11.0. The van der Waals surface area contributed by atoms with Crippen molar-refractivity contribution >= 4 is 11.6 Å². The molecule has 0 aromatic heterocycles. The Morgan fingerprint density at radius 3 is 2.53 bits per heavy atom. The molecule has 2 rings (SSSR count). The Hall–Kier alpha value is -2.29. The summed E-state index contributed by atoms with van der Waals surface area (Å²) in [6, 6.07) is 15.8. The summed E-state index contributed by atoms with van der Waals surface area (Å²) in [5.41, 5.74) is 9.22. The molecule has 0 saturated heterocycles. The molecule has 2 aromatic rings. The number of hydrogen-bond acceptors (Lipinski definition) is 2. The Labute approximate surface area is 113 Å². The Morgan fingerprint density at radius 2 is 1.84 bits per heavy atom. The summed E-state index contributed by atoms with van der Waals surface area (Å²) in [5, 5.41) is 2.77. The van der Waals surface area contributed by atoms with E-state index in [1.807, 2.05) is 37.3 Å². The lowest BCUT2D eigenvalue weighted by molar-refractivity contribution is 0.0956. The summed E-state index contributed by atoms with van der Waals surface area (Å²) in [7, 11) is 0. The average molecular weight is 254 g/mol. The maximum absolute atomic E-state index is 11.9. The average Bonchev–Trinajstić information content (AvgIpc) is 2.42. The number of rotatable bonds is 4. The fraction of sp³-hybridized carbons (Fsp3) is 0.188. The lowest BCUT2D eigenvalue weighted by Gasteiger charge is -2.09. The molecule has 0 radical (unpaired) electrons. The van der Waals surface area contributed by atoms with E-state index in [2.05, 4.69) is 17.4 Å². The quantitative estimate of drug-likeness (QED) is 0.824. The summed E-state index contributed by atoms with van der Waals surface area (Å²) in [5.74, 6) is -0.116. The highest BCUT2D eigenvalue weighted by atomic mass is 16.1. The van der Waals surface area contributed by atoms with Gasteiger partial charge in [-0.25, -0.2) is 0 Å². The first kappa shape index (κ1) is 13.1. The van der Waals surface area contributed by atoms with E-state index in [-0.39, 0.29) is 5.91 Å². The molecule has 0 saturated carbocycles. The van der Waals surface area contributed by atoms with Crippen molar-refractivity contribution in [3.8, 4) is 0 Å². The molecule has 0 fully saturated rings. The molecule has 98 valence electrons. The highest BCUT2D eigenvalue weighted by Crippen LogP contribution is 2.17. The normalized spacial score (nSPS) is 10.2. The van der Waals surface area contributed by atoms with Crippen LogP contribution in [-0.4, -0.2) is 12.5 Å². The first-order chi connectivity index (χ1) is 9.20.